The third kappa shape index (κ3) is 4.55. The van der Waals surface area contributed by atoms with E-state index in [0.717, 1.165) is 35.7 Å². The van der Waals surface area contributed by atoms with Crippen LogP contribution in [0.4, 0.5) is 0 Å². The molecule has 0 bridgehead atoms. The van der Waals surface area contributed by atoms with E-state index in [2.05, 4.69) is 99.6 Å². The van der Waals surface area contributed by atoms with Crippen LogP contribution in [0.25, 0.3) is 39.3 Å². The van der Waals surface area contributed by atoms with Crippen molar-refractivity contribution >= 4 is 0 Å². The van der Waals surface area contributed by atoms with Crippen LogP contribution in [-0.4, -0.2) is 14.8 Å². The minimum Gasteiger partial charge on any atom is -0.217 e. The minimum atomic E-state index is 0.765. The maximum atomic E-state index is 4.97. The average molecular weight is 444 g/mol. The molecule has 0 fully saturated rings. The van der Waals surface area contributed by atoms with Crippen molar-refractivity contribution in [2.75, 3.05) is 0 Å². The molecular weight excluding hydrogens is 414 g/mol. The molecule has 3 nitrogen and oxygen atoms in total. The lowest BCUT2D eigenvalue weighted by molar-refractivity contribution is 0.759. The lowest BCUT2D eigenvalue weighted by Gasteiger charge is -2.13. The molecular formula is C31H29N3. The molecule has 34 heavy (non-hydrogen) atoms. The van der Waals surface area contributed by atoms with Crippen LogP contribution in [0.2, 0.25) is 0 Å². The molecule has 3 heteroatoms. The number of hydrogen-bond acceptors (Lipinski definition) is 2. The van der Waals surface area contributed by atoms with E-state index < -0.39 is 0 Å². The monoisotopic (exact) mass is 443 g/mol. The molecule has 0 amide bonds. The van der Waals surface area contributed by atoms with Crippen molar-refractivity contribution in [1.82, 2.24) is 14.8 Å². The summed E-state index contributed by atoms with van der Waals surface area (Å²) < 4.78 is 2.03. The Labute approximate surface area is 201 Å². The van der Waals surface area contributed by atoms with Gasteiger partial charge in [0.2, 0.25) is 0 Å². The number of aryl methyl sites for hydroxylation is 3. The normalized spacial score (nSPS) is 11.0. The molecule has 0 atom stereocenters. The first-order valence-corrected chi connectivity index (χ1v) is 11.9. The van der Waals surface area contributed by atoms with Crippen molar-refractivity contribution in [2.45, 2.75) is 33.6 Å². The molecule has 1 heterocycles. The second kappa shape index (κ2) is 9.48. The maximum absolute atomic E-state index is 4.97. The highest BCUT2D eigenvalue weighted by molar-refractivity contribution is 5.76. The fourth-order valence-electron chi connectivity index (χ4n) is 4.20. The first kappa shape index (κ1) is 21.8. The third-order valence-electron chi connectivity index (χ3n) is 6.11. The summed E-state index contributed by atoms with van der Waals surface area (Å²) in [6, 6.07) is 34.4. The SMILES string of the molecule is CCCc1nc(-c2ccccc2)nn1-c1cc(-c2ccc(C)cc2)cc(-c2ccc(C)cc2)c1. The summed E-state index contributed by atoms with van der Waals surface area (Å²) in [6.45, 7) is 6.42. The highest BCUT2D eigenvalue weighted by Crippen LogP contribution is 2.31. The number of nitrogens with zero attached hydrogens (tertiary/aromatic N) is 3. The lowest BCUT2D eigenvalue weighted by atomic mass is 9.97. The van der Waals surface area contributed by atoms with E-state index in [1.807, 2.05) is 22.9 Å². The quantitative estimate of drug-likeness (QED) is 0.268. The Kier molecular flexibility index (Phi) is 6.09. The van der Waals surface area contributed by atoms with E-state index in [1.165, 1.54) is 33.4 Å². The first-order chi connectivity index (χ1) is 16.6. The van der Waals surface area contributed by atoms with Gasteiger partial charge in [0.1, 0.15) is 5.82 Å². The molecule has 0 aliphatic rings. The highest BCUT2D eigenvalue weighted by atomic mass is 15.3. The number of rotatable bonds is 6. The minimum absolute atomic E-state index is 0.765. The summed E-state index contributed by atoms with van der Waals surface area (Å²) >= 11 is 0. The predicted molar refractivity (Wildman–Crippen MR) is 141 cm³/mol. The van der Waals surface area contributed by atoms with Gasteiger partial charge < -0.3 is 0 Å². The molecule has 0 radical (unpaired) electrons. The van der Waals surface area contributed by atoms with Crippen molar-refractivity contribution in [3.63, 3.8) is 0 Å². The standard InChI is InChI=1S/C31H29N3/c1-4-8-30-32-31(26-9-6-5-7-10-26)33-34(30)29-20-27(24-15-11-22(2)12-16-24)19-28(21-29)25-17-13-23(3)14-18-25/h5-7,9-21H,4,8H2,1-3H3. The molecule has 0 saturated heterocycles. The Morgan fingerprint density at radius 3 is 1.71 bits per heavy atom. The number of hydrogen-bond donors (Lipinski definition) is 0. The van der Waals surface area contributed by atoms with Crippen molar-refractivity contribution in [3.05, 3.63) is 114 Å². The number of benzene rings is 4. The molecule has 0 unspecified atom stereocenters. The van der Waals surface area contributed by atoms with E-state index in [0.29, 0.717) is 0 Å². The van der Waals surface area contributed by atoms with Crippen molar-refractivity contribution in [1.29, 1.82) is 0 Å². The maximum Gasteiger partial charge on any atom is 0.181 e. The zero-order valence-corrected chi connectivity index (χ0v) is 20.0. The molecule has 5 rings (SSSR count). The Morgan fingerprint density at radius 2 is 1.18 bits per heavy atom. The Bertz CT molecular complexity index is 1330. The van der Waals surface area contributed by atoms with Crippen LogP contribution < -0.4 is 0 Å². The predicted octanol–water partition coefficient (Wildman–Crippen LogP) is 7.84. The van der Waals surface area contributed by atoms with Crippen molar-refractivity contribution in [3.8, 4) is 39.3 Å². The van der Waals surface area contributed by atoms with E-state index >= 15 is 0 Å². The summed E-state index contributed by atoms with van der Waals surface area (Å²) in [7, 11) is 0. The van der Waals surface area contributed by atoms with Crippen LogP contribution in [0.15, 0.2) is 97.1 Å². The highest BCUT2D eigenvalue weighted by Gasteiger charge is 2.15. The Balaban J connectivity index is 1.69. The van der Waals surface area contributed by atoms with Gasteiger partial charge in [-0.2, -0.15) is 0 Å². The van der Waals surface area contributed by atoms with Gasteiger partial charge in [-0.15, -0.1) is 5.10 Å². The van der Waals surface area contributed by atoms with Crippen LogP contribution in [0.3, 0.4) is 0 Å². The van der Waals surface area contributed by atoms with Gasteiger partial charge in [-0.25, -0.2) is 9.67 Å². The molecule has 1 aromatic heterocycles. The van der Waals surface area contributed by atoms with Gasteiger partial charge in [0.05, 0.1) is 5.69 Å². The summed E-state index contributed by atoms with van der Waals surface area (Å²) in [5.74, 6) is 1.75. The molecule has 0 aliphatic carbocycles. The third-order valence-corrected chi connectivity index (χ3v) is 6.11. The van der Waals surface area contributed by atoms with Gasteiger partial charge in [-0.3, -0.25) is 0 Å². The zero-order valence-electron chi connectivity index (χ0n) is 20.0. The second-order valence-corrected chi connectivity index (χ2v) is 8.88. The zero-order chi connectivity index (χ0) is 23.5. The summed E-state index contributed by atoms with van der Waals surface area (Å²) in [5.41, 5.74) is 9.32. The van der Waals surface area contributed by atoms with Crippen LogP contribution in [0.1, 0.15) is 30.3 Å². The molecule has 0 saturated carbocycles. The summed E-state index contributed by atoms with van der Waals surface area (Å²) in [6.07, 6.45) is 1.88. The van der Waals surface area contributed by atoms with E-state index in [4.69, 9.17) is 10.1 Å². The molecule has 5 aromatic rings. The lowest BCUT2D eigenvalue weighted by Crippen LogP contribution is -2.03. The van der Waals surface area contributed by atoms with E-state index in [1.54, 1.807) is 0 Å². The molecule has 4 aromatic carbocycles. The van der Waals surface area contributed by atoms with Gasteiger partial charge >= 0.3 is 0 Å². The van der Waals surface area contributed by atoms with Crippen LogP contribution in [0.5, 0.6) is 0 Å². The Hall–Kier alpha value is -3.98. The first-order valence-electron chi connectivity index (χ1n) is 11.9. The van der Waals surface area contributed by atoms with Gasteiger partial charge in [0, 0.05) is 12.0 Å². The average Bonchev–Trinajstić information content (AvgIpc) is 3.29. The smallest absolute Gasteiger partial charge is 0.181 e. The number of aromatic nitrogens is 3. The van der Waals surface area contributed by atoms with Gasteiger partial charge in [-0.1, -0.05) is 96.9 Å². The van der Waals surface area contributed by atoms with Crippen LogP contribution >= 0.6 is 0 Å². The molecule has 0 spiro atoms. The van der Waals surface area contributed by atoms with E-state index in [9.17, 15) is 0 Å². The van der Waals surface area contributed by atoms with Crippen LogP contribution in [-0.2, 0) is 6.42 Å². The second-order valence-electron chi connectivity index (χ2n) is 8.88. The van der Waals surface area contributed by atoms with Crippen molar-refractivity contribution in [2.24, 2.45) is 0 Å². The molecule has 0 N–H and O–H groups in total. The van der Waals surface area contributed by atoms with Gasteiger partial charge in [0.25, 0.3) is 0 Å². The Morgan fingerprint density at radius 1 is 0.618 bits per heavy atom. The van der Waals surface area contributed by atoms with E-state index in [-0.39, 0.29) is 0 Å². The van der Waals surface area contributed by atoms with Crippen molar-refractivity contribution < 1.29 is 0 Å². The fourth-order valence-corrected chi connectivity index (χ4v) is 4.20. The fraction of sp³-hybridized carbons (Fsp3) is 0.161. The molecule has 168 valence electrons. The van der Waals surface area contributed by atoms with Crippen LogP contribution in [0, 0.1) is 13.8 Å². The largest absolute Gasteiger partial charge is 0.217 e. The van der Waals surface area contributed by atoms with Gasteiger partial charge in [-0.05, 0) is 60.7 Å². The molecule has 0 aliphatic heterocycles. The summed E-state index contributed by atoms with van der Waals surface area (Å²) in [5, 5.41) is 4.97. The summed E-state index contributed by atoms with van der Waals surface area (Å²) in [4.78, 5) is 4.93. The topological polar surface area (TPSA) is 30.7 Å². The van der Waals surface area contributed by atoms with Gasteiger partial charge in [0.15, 0.2) is 5.82 Å².